The highest BCUT2D eigenvalue weighted by molar-refractivity contribution is 5.83. The average Bonchev–Trinajstić information content (AvgIpc) is 3.57. The zero-order valence-corrected chi connectivity index (χ0v) is 20.0. The first kappa shape index (κ1) is 22.4. The van der Waals surface area contributed by atoms with Gasteiger partial charge in [-0.2, -0.15) is 0 Å². The summed E-state index contributed by atoms with van der Waals surface area (Å²) in [5.41, 5.74) is 6.78. The largest absolute Gasteiger partial charge is 0.439 e. The van der Waals surface area contributed by atoms with Crippen LogP contribution in [0.4, 0.5) is 0 Å². The SMILES string of the molecule is CCCCC1=C(Cc2ccc(-c3ccccc3)c(-c3noc(=O)[nH]3)c2)CN(CC2CC2)C(C)=N1. The van der Waals surface area contributed by atoms with E-state index in [1.807, 2.05) is 18.2 Å². The number of hydrogen-bond donors (Lipinski definition) is 1. The van der Waals surface area contributed by atoms with Crippen LogP contribution in [0.3, 0.4) is 0 Å². The maximum absolute atomic E-state index is 11.7. The Morgan fingerprint density at radius 2 is 1.94 bits per heavy atom. The summed E-state index contributed by atoms with van der Waals surface area (Å²) >= 11 is 0. The van der Waals surface area contributed by atoms with Crippen molar-refractivity contribution in [3.63, 3.8) is 0 Å². The fourth-order valence-electron chi connectivity index (χ4n) is 4.68. The van der Waals surface area contributed by atoms with Gasteiger partial charge in [-0.3, -0.25) is 9.51 Å². The molecule has 176 valence electrons. The van der Waals surface area contributed by atoms with Crippen molar-refractivity contribution < 1.29 is 4.52 Å². The van der Waals surface area contributed by atoms with Gasteiger partial charge in [-0.05, 0) is 73.3 Å². The summed E-state index contributed by atoms with van der Waals surface area (Å²) in [5, 5.41) is 3.99. The lowest BCUT2D eigenvalue weighted by Crippen LogP contribution is -2.36. The second-order valence-corrected chi connectivity index (χ2v) is 9.50. The molecule has 1 aromatic heterocycles. The monoisotopic (exact) mass is 456 g/mol. The van der Waals surface area contributed by atoms with E-state index < -0.39 is 5.76 Å². The molecule has 3 aromatic rings. The van der Waals surface area contributed by atoms with Gasteiger partial charge in [-0.15, -0.1) is 0 Å². The molecule has 0 saturated heterocycles. The molecule has 1 fully saturated rings. The van der Waals surface area contributed by atoms with E-state index >= 15 is 0 Å². The predicted octanol–water partition coefficient (Wildman–Crippen LogP) is 5.83. The minimum absolute atomic E-state index is 0.457. The van der Waals surface area contributed by atoms with E-state index in [2.05, 4.69) is 59.2 Å². The minimum Gasteiger partial charge on any atom is -0.356 e. The Hall–Kier alpha value is -3.41. The summed E-state index contributed by atoms with van der Waals surface area (Å²) in [5.74, 6) is 1.89. The van der Waals surface area contributed by atoms with Crippen molar-refractivity contribution in [2.45, 2.75) is 52.4 Å². The lowest BCUT2D eigenvalue weighted by molar-refractivity contribution is 0.388. The van der Waals surface area contributed by atoms with Crippen LogP contribution < -0.4 is 5.76 Å². The van der Waals surface area contributed by atoms with Gasteiger partial charge in [0.1, 0.15) is 5.84 Å². The Morgan fingerprint density at radius 3 is 2.65 bits per heavy atom. The third-order valence-electron chi connectivity index (χ3n) is 6.77. The molecule has 0 radical (unpaired) electrons. The Labute approximate surface area is 200 Å². The molecule has 2 aromatic carbocycles. The molecule has 1 N–H and O–H groups in total. The van der Waals surface area contributed by atoms with Gasteiger partial charge in [0.05, 0.1) is 0 Å². The molecule has 2 heterocycles. The van der Waals surface area contributed by atoms with E-state index in [4.69, 9.17) is 9.52 Å². The van der Waals surface area contributed by atoms with Gasteiger partial charge in [0, 0.05) is 24.4 Å². The van der Waals surface area contributed by atoms with E-state index in [-0.39, 0.29) is 0 Å². The van der Waals surface area contributed by atoms with Gasteiger partial charge < -0.3 is 4.90 Å². The fourth-order valence-corrected chi connectivity index (χ4v) is 4.68. The predicted molar refractivity (Wildman–Crippen MR) is 136 cm³/mol. The number of nitrogens with zero attached hydrogens (tertiary/aromatic N) is 3. The maximum Gasteiger partial charge on any atom is 0.439 e. The summed E-state index contributed by atoms with van der Waals surface area (Å²) in [6.45, 7) is 6.44. The Bertz CT molecular complexity index is 1260. The molecular formula is C28H32N4O2. The van der Waals surface area contributed by atoms with Crippen LogP contribution in [0.25, 0.3) is 22.5 Å². The number of aliphatic imine (C=N–C) groups is 1. The first-order chi connectivity index (χ1) is 16.6. The van der Waals surface area contributed by atoms with Crippen LogP contribution in [-0.4, -0.2) is 34.0 Å². The molecule has 1 aliphatic carbocycles. The molecule has 0 bridgehead atoms. The summed E-state index contributed by atoms with van der Waals surface area (Å²) in [4.78, 5) is 22.0. The zero-order chi connectivity index (χ0) is 23.5. The topological polar surface area (TPSA) is 74.5 Å². The van der Waals surface area contributed by atoms with Crippen LogP contribution in [0, 0.1) is 5.92 Å². The van der Waals surface area contributed by atoms with Crippen LogP contribution in [0.15, 0.2) is 74.1 Å². The fraction of sp³-hybridized carbons (Fsp3) is 0.393. The number of aromatic amines is 1. The Balaban J connectivity index is 1.50. The van der Waals surface area contributed by atoms with Gasteiger partial charge in [-0.25, -0.2) is 9.79 Å². The highest BCUT2D eigenvalue weighted by Crippen LogP contribution is 2.34. The number of hydrogen-bond acceptors (Lipinski definition) is 5. The first-order valence-electron chi connectivity index (χ1n) is 12.4. The average molecular weight is 457 g/mol. The molecular weight excluding hydrogens is 424 g/mol. The molecule has 5 rings (SSSR count). The van der Waals surface area contributed by atoms with Crippen molar-refractivity contribution in [1.82, 2.24) is 15.0 Å². The van der Waals surface area contributed by atoms with Crippen molar-refractivity contribution in [3.05, 3.63) is 75.9 Å². The third kappa shape index (κ3) is 5.06. The number of nitrogens with one attached hydrogen (secondary N) is 1. The highest BCUT2D eigenvalue weighted by Gasteiger charge is 2.28. The highest BCUT2D eigenvalue weighted by atomic mass is 16.5. The smallest absolute Gasteiger partial charge is 0.356 e. The number of benzene rings is 2. The number of H-pyrrole nitrogens is 1. The number of aromatic nitrogens is 2. The van der Waals surface area contributed by atoms with E-state index in [1.165, 1.54) is 29.7 Å². The number of amidine groups is 1. The second-order valence-electron chi connectivity index (χ2n) is 9.50. The van der Waals surface area contributed by atoms with Gasteiger partial charge in [0.2, 0.25) is 0 Å². The summed E-state index contributed by atoms with van der Waals surface area (Å²) in [7, 11) is 0. The van der Waals surface area contributed by atoms with Gasteiger partial charge in [-0.1, -0.05) is 61.0 Å². The Morgan fingerprint density at radius 1 is 1.12 bits per heavy atom. The quantitative estimate of drug-likeness (QED) is 0.440. The van der Waals surface area contributed by atoms with Crippen LogP contribution in [-0.2, 0) is 6.42 Å². The van der Waals surface area contributed by atoms with Crippen LogP contribution in [0.1, 0.15) is 51.5 Å². The van der Waals surface area contributed by atoms with Gasteiger partial charge >= 0.3 is 5.76 Å². The first-order valence-corrected chi connectivity index (χ1v) is 12.4. The van der Waals surface area contributed by atoms with Crippen molar-refractivity contribution in [3.8, 4) is 22.5 Å². The standard InChI is InChI=1S/C28H32N4O2/c1-3-4-10-26-23(18-32(19(2)29-26)17-20-11-12-20)15-21-13-14-24(22-8-6-5-7-9-22)25(16-21)27-30-28(33)34-31-27/h5-9,13-14,16,20H,3-4,10-12,15,17-18H2,1-2H3,(H,30,31,33). The lowest BCUT2D eigenvalue weighted by atomic mass is 9.93. The van der Waals surface area contributed by atoms with E-state index in [0.717, 1.165) is 67.2 Å². The molecule has 6 heteroatoms. The van der Waals surface area contributed by atoms with E-state index in [1.54, 1.807) is 0 Å². The molecule has 0 spiro atoms. The number of unbranched alkanes of at least 4 members (excludes halogenated alkanes) is 1. The van der Waals surface area contributed by atoms with Crippen molar-refractivity contribution in [1.29, 1.82) is 0 Å². The molecule has 0 atom stereocenters. The molecule has 1 saturated carbocycles. The van der Waals surface area contributed by atoms with Gasteiger partial charge in [0.15, 0.2) is 5.82 Å². The minimum atomic E-state index is -0.545. The van der Waals surface area contributed by atoms with Crippen molar-refractivity contribution in [2.75, 3.05) is 13.1 Å². The number of rotatable bonds is 9. The molecule has 0 unspecified atom stereocenters. The van der Waals surface area contributed by atoms with Crippen molar-refractivity contribution >= 4 is 5.84 Å². The third-order valence-corrected chi connectivity index (χ3v) is 6.77. The second kappa shape index (κ2) is 9.84. The summed E-state index contributed by atoms with van der Waals surface area (Å²) < 4.78 is 4.83. The molecule has 0 amide bonds. The van der Waals surface area contributed by atoms with Gasteiger partial charge in [0.25, 0.3) is 0 Å². The maximum atomic E-state index is 11.7. The summed E-state index contributed by atoms with van der Waals surface area (Å²) in [6, 6.07) is 16.6. The zero-order valence-electron chi connectivity index (χ0n) is 20.0. The van der Waals surface area contributed by atoms with Crippen LogP contribution in [0.5, 0.6) is 0 Å². The van der Waals surface area contributed by atoms with E-state index in [9.17, 15) is 4.79 Å². The molecule has 34 heavy (non-hydrogen) atoms. The van der Waals surface area contributed by atoms with Crippen molar-refractivity contribution in [2.24, 2.45) is 10.9 Å². The molecule has 1 aliphatic heterocycles. The molecule has 6 nitrogen and oxygen atoms in total. The van der Waals surface area contributed by atoms with Crippen LogP contribution >= 0.6 is 0 Å². The molecule has 2 aliphatic rings. The Kier molecular flexibility index (Phi) is 6.48. The lowest BCUT2D eigenvalue weighted by Gasteiger charge is -2.31. The number of allylic oxidation sites excluding steroid dienone is 1. The van der Waals surface area contributed by atoms with E-state index in [0.29, 0.717) is 5.82 Å². The normalized spacial score (nSPS) is 16.2. The van der Waals surface area contributed by atoms with Crippen LogP contribution in [0.2, 0.25) is 0 Å². The summed E-state index contributed by atoms with van der Waals surface area (Å²) in [6.07, 6.45) is 6.84.